The molecule has 1 aliphatic heterocycles. The molecular formula is C11H20N2O. The molecule has 3 nitrogen and oxygen atoms in total. The summed E-state index contributed by atoms with van der Waals surface area (Å²) in [6, 6.07) is 0.0994. The Labute approximate surface area is 85.8 Å². The average Bonchev–Trinajstić information content (AvgIpc) is 2.79. The Morgan fingerprint density at radius 3 is 2.86 bits per heavy atom. The van der Waals surface area contributed by atoms with E-state index in [1.807, 2.05) is 4.90 Å². The Morgan fingerprint density at radius 1 is 1.57 bits per heavy atom. The second-order valence-corrected chi connectivity index (χ2v) is 4.97. The van der Waals surface area contributed by atoms with Crippen molar-refractivity contribution in [2.45, 2.75) is 39.2 Å². The molecular weight excluding hydrogens is 176 g/mol. The number of nitrogens with one attached hydrogen (secondary N) is 1. The molecule has 14 heavy (non-hydrogen) atoms. The van der Waals surface area contributed by atoms with Crippen molar-refractivity contribution in [3.05, 3.63) is 0 Å². The van der Waals surface area contributed by atoms with E-state index in [9.17, 15) is 4.79 Å². The topological polar surface area (TPSA) is 32.3 Å². The number of hydrogen-bond donors (Lipinski definition) is 1. The number of carbonyl (C=O) groups is 1. The van der Waals surface area contributed by atoms with Crippen molar-refractivity contribution in [2.24, 2.45) is 5.41 Å². The smallest absolute Gasteiger partial charge is 0.239 e. The number of likely N-dealkylation sites (tertiary alicyclic amines) is 1. The first-order valence-corrected chi connectivity index (χ1v) is 5.67. The van der Waals surface area contributed by atoms with E-state index in [1.54, 1.807) is 0 Å². The van der Waals surface area contributed by atoms with Crippen LogP contribution in [0.5, 0.6) is 0 Å². The zero-order valence-electron chi connectivity index (χ0n) is 9.18. The van der Waals surface area contributed by atoms with Crippen LogP contribution in [0.3, 0.4) is 0 Å². The Balaban J connectivity index is 1.86. The highest BCUT2D eigenvalue weighted by Crippen LogP contribution is 2.45. The molecule has 0 aromatic rings. The van der Waals surface area contributed by atoms with Gasteiger partial charge in [-0.25, -0.2) is 0 Å². The normalized spacial score (nSPS) is 29.7. The van der Waals surface area contributed by atoms with Crippen LogP contribution in [0.2, 0.25) is 0 Å². The molecule has 1 saturated heterocycles. The van der Waals surface area contributed by atoms with Gasteiger partial charge >= 0.3 is 0 Å². The van der Waals surface area contributed by atoms with Crippen molar-refractivity contribution >= 4 is 5.91 Å². The molecule has 0 aromatic heterocycles. The van der Waals surface area contributed by atoms with Crippen LogP contribution in [0.4, 0.5) is 0 Å². The van der Waals surface area contributed by atoms with Gasteiger partial charge in [0.2, 0.25) is 5.91 Å². The number of rotatable bonds is 4. The molecule has 1 amide bonds. The number of carbonyl (C=O) groups excluding carboxylic acids is 1. The van der Waals surface area contributed by atoms with E-state index in [2.05, 4.69) is 19.2 Å². The van der Waals surface area contributed by atoms with Gasteiger partial charge in [0, 0.05) is 13.1 Å². The third-order valence-corrected chi connectivity index (χ3v) is 3.42. The third-order valence-electron chi connectivity index (χ3n) is 3.42. The summed E-state index contributed by atoms with van der Waals surface area (Å²) >= 11 is 0. The molecule has 0 radical (unpaired) electrons. The highest BCUT2D eigenvalue weighted by molar-refractivity contribution is 5.84. The maximum absolute atomic E-state index is 11.9. The first kappa shape index (κ1) is 9.97. The quantitative estimate of drug-likeness (QED) is 0.727. The fraction of sp³-hybridized carbons (Fsp3) is 0.909. The molecule has 1 heterocycles. The van der Waals surface area contributed by atoms with Gasteiger partial charge in [-0.2, -0.15) is 0 Å². The number of amides is 1. The summed E-state index contributed by atoms with van der Waals surface area (Å²) in [5.41, 5.74) is 0.455. The summed E-state index contributed by atoms with van der Waals surface area (Å²) < 4.78 is 0. The minimum absolute atomic E-state index is 0.0994. The van der Waals surface area contributed by atoms with E-state index in [-0.39, 0.29) is 6.04 Å². The molecule has 0 aromatic carbocycles. The van der Waals surface area contributed by atoms with Crippen LogP contribution in [0.25, 0.3) is 0 Å². The molecule has 1 N–H and O–H groups in total. The lowest BCUT2D eigenvalue weighted by atomic mass is 10.1. The first-order valence-electron chi connectivity index (χ1n) is 5.67. The van der Waals surface area contributed by atoms with Gasteiger partial charge in [-0.3, -0.25) is 4.79 Å². The van der Waals surface area contributed by atoms with Crippen LogP contribution in [0, 0.1) is 5.41 Å². The summed E-state index contributed by atoms with van der Waals surface area (Å²) in [6.07, 6.45) is 3.58. The first-order chi connectivity index (χ1) is 6.64. The maximum Gasteiger partial charge on any atom is 0.239 e. The molecule has 80 valence electrons. The maximum atomic E-state index is 11.9. The van der Waals surface area contributed by atoms with Crippen molar-refractivity contribution in [2.75, 3.05) is 19.6 Å². The van der Waals surface area contributed by atoms with Gasteiger partial charge in [0.15, 0.2) is 0 Å². The molecule has 0 bridgehead atoms. The van der Waals surface area contributed by atoms with E-state index in [1.165, 1.54) is 12.8 Å². The summed E-state index contributed by atoms with van der Waals surface area (Å²) in [6.45, 7) is 7.15. The highest BCUT2D eigenvalue weighted by atomic mass is 16.2. The van der Waals surface area contributed by atoms with Gasteiger partial charge in [0.1, 0.15) is 0 Å². The fourth-order valence-corrected chi connectivity index (χ4v) is 2.16. The van der Waals surface area contributed by atoms with Crippen molar-refractivity contribution in [1.29, 1.82) is 0 Å². The largest absolute Gasteiger partial charge is 0.341 e. The van der Waals surface area contributed by atoms with Crippen LogP contribution in [-0.4, -0.2) is 36.5 Å². The number of hydrogen-bond acceptors (Lipinski definition) is 2. The van der Waals surface area contributed by atoms with Gasteiger partial charge in [-0.15, -0.1) is 0 Å². The van der Waals surface area contributed by atoms with Crippen molar-refractivity contribution < 1.29 is 4.79 Å². The van der Waals surface area contributed by atoms with Crippen LogP contribution in [-0.2, 0) is 4.79 Å². The summed E-state index contributed by atoms with van der Waals surface area (Å²) in [5.74, 6) is 0.319. The molecule has 1 saturated carbocycles. The van der Waals surface area contributed by atoms with Crippen molar-refractivity contribution in [3.63, 3.8) is 0 Å². The second-order valence-electron chi connectivity index (χ2n) is 4.97. The van der Waals surface area contributed by atoms with Crippen LogP contribution in [0.1, 0.15) is 33.1 Å². The van der Waals surface area contributed by atoms with E-state index in [4.69, 9.17) is 0 Å². The highest BCUT2D eigenvalue weighted by Gasteiger charge is 2.42. The Bertz CT molecular complexity index is 235. The molecule has 1 aliphatic carbocycles. The van der Waals surface area contributed by atoms with Crippen molar-refractivity contribution in [1.82, 2.24) is 10.2 Å². The summed E-state index contributed by atoms with van der Waals surface area (Å²) in [5, 5.41) is 3.24. The molecule has 0 spiro atoms. The lowest BCUT2D eigenvalue weighted by Crippen LogP contribution is -2.39. The van der Waals surface area contributed by atoms with E-state index < -0.39 is 0 Å². The van der Waals surface area contributed by atoms with E-state index in [0.717, 1.165) is 26.1 Å². The molecule has 1 atom stereocenters. The van der Waals surface area contributed by atoms with Gasteiger partial charge < -0.3 is 10.2 Å². The predicted octanol–water partition coefficient (Wildman–Crippen LogP) is 0.997. The predicted molar refractivity (Wildman–Crippen MR) is 56.0 cm³/mol. The zero-order chi connectivity index (χ0) is 10.2. The zero-order valence-corrected chi connectivity index (χ0v) is 9.18. The Hall–Kier alpha value is -0.570. The van der Waals surface area contributed by atoms with Crippen LogP contribution < -0.4 is 5.32 Å². The van der Waals surface area contributed by atoms with E-state index >= 15 is 0 Å². The monoisotopic (exact) mass is 196 g/mol. The standard InChI is InChI=1S/C11H20N2O/c1-3-12-9-4-7-13(10(9)14)8-11(2)5-6-11/h9,12H,3-8H2,1-2H3. The molecule has 2 aliphatic rings. The lowest BCUT2D eigenvalue weighted by molar-refractivity contribution is -0.130. The minimum Gasteiger partial charge on any atom is -0.341 e. The number of likely N-dealkylation sites (N-methyl/N-ethyl adjacent to an activating group) is 1. The van der Waals surface area contributed by atoms with Crippen molar-refractivity contribution in [3.8, 4) is 0 Å². The summed E-state index contributed by atoms with van der Waals surface area (Å²) in [7, 11) is 0. The molecule has 3 heteroatoms. The second kappa shape index (κ2) is 3.54. The number of nitrogens with zero attached hydrogens (tertiary/aromatic N) is 1. The van der Waals surface area contributed by atoms with Crippen LogP contribution >= 0.6 is 0 Å². The summed E-state index contributed by atoms with van der Waals surface area (Å²) in [4.78, 5) is 13.9. The molecule has 1 unspecified atom stereocenters. The SMILES string of the molecule is CCNC1CCN(CC2(C)CC2)C1=O. The lowest BCUT2D eigenvalue weighted by Gasteiger charge is -2.20. The Morgan fingerprint density at radius 2 is 2.29 bits per heavy atom. The van der Waals surface area contributed by atoms with Crippen LogP contribution in [0.15, 0.2) is 0 Å². The molecule has 2 rings (SSSR count). The van der Waals surface area contributed by atoms with Gasteiger partial charge in [0.05, 0.1) is 6.04 Å². The fourth-order valence-electron chi connectivity index (χ4n) is 2.16. The average molecular weight is 196 g/mol. The van der Waals surface area contributed by atoms with Gasteiger partial charge in [0.25, 0.3) is 0 Å². The third kappa shape index (κ3) is 1.92. The van der Waals surface area contributed by atoms with Gasteiger partial charge in [-0.05, 0) is 31.2 Å². The molecule has 2 fully saturated rings. The van der Waals surface area contributed by atoms with Gasteiger partial charge in [-0.1, -0.05) is 13.8 Å². The Kier molecular flexibility index (Phi) is 2.52. The van der Waals surface area contributed by atoms with E-state index in [0.29, 0.717) is 11.3 Å². The minimum atomic E-state index is 0.0994.